The number of terminal acetylenes is 1. The molecular weight excluding hydrogens is 410 g/mol. The maximum absolute atomic E-state index is 12.8. The summed E-state index contributed by atoms with van der Waals surface area (Å²) in [6.45, 7) is 3.10. The van der Waals surface area contributed by atoms with Crippen molar-refractivity contribution in [3.05, 3.63) is 58.7 Å². The predicted octanol–water partition coefficient (Wildman–Crippen LogP) is 3.93. The van der Waals surface area contributed by atoms with Crippen LogP contribution in [0.4, 0.5) is 5.00 Å². The Hall–Kier alpha value is -3.34. The lowest BCUT2D eigenvalue weighted by Crippen LogP contribution is -2.29. The summed E-state index contributed by atoms with van der Waals surface area (Å²) in [5.74, 6) is 1.36. The van der Waals surface area contributed by atoms with E-state index in [4.69, 9.17) is 12.2 Å². The number of carbonyl (C=O) groups excluding carboxylic acids is 2. The van der Waals surface area contributed by atoms with Crippen molar-refractivity contribution in [2.45, 2.75) is 25.8 Å². The van der Waals surface area contributed by atoms with Crippen LogP contribution in [0.25, 0.3) is 10.1 Å². The predicted molar refractivity (Wildman–Crippen MR) is 123 cm³/mol. The van der Waals surface area contributed by atoms with Crippen LogP contribution in [0.2, 0.25) is 0 Å². The van der Waals surface area contributed by atoms with E-state index >= 15 is 0 Å². The topological polar surface area (TPSA) is 95.7 Å². The molecule has 0 saturated carbocycles. The van der Waals surface area contributed by atoms with Crippen molar-refractivity contribution in [2.75, 3.05) is 18.4 Å². The number of nitrogens with zero attached hydrogens (tertiary/aromatic N) is 1. The minimum atomic E-state index is -0.674. The Morgan fingerprint density at radius 1 is 1.13 bits per heavy atom. The lowest BCUT2D eigenvalue weighted by Gasteiger charge is -2.26. The molecule has 31 heavy (non-hydrogen) atoms. The number of thiophene rings is 1. The van der Waals surface area contributed by atoms with Crippen LogP contribution in [-0.4, -0.2) is 34.9 Å². The fourth-order valence-electron chi connectivity index (χ4n) is 3.94. The number of hydrogen-bond acceptors (Lipinski definition) is 5. The summed E-state index contributed by atoms with van der Waals surface area (Å²) in [7, 11) is 0. The third-order valence-electron chi connectivity index (χ3n) is 5.53. The van der Waals surface area contributed by atoms with Gasteiger partial charge in [-0.05, 0) is 55.8 Å². The van der Waals surface area contributed by atoms with Gasteiger partial charge < -0.3 is 16.2 Å². The highest BCUT2D eigenvalue weighted by atomic mass is 32.1. The van der Waals surface area contributed by atoms with Crippen LogP contribution in [0.1, 0.15) is 51.1 Å². The first-order chi connectivity index (χ1) is 15.0. The van der Waals surface area contributed by atoms with Crippen molar-refractivity contribution in [3.63, 3.8) is 0 Å². The number of carbonyl (C=O) groups is 2. The van der Waals surface area contributed by atoms with E-state index in [9.17, 15) is 14.7 Å². The van der Waals surface area contributed by atoms with E-state index in [1.54, 1.807) is 18.2 Å². The van der Waals surface area contributed by atoms with Gasteiger partial charge in [0.2, 0.25) is 0 Å². The highest BCUT2D eigenvalue weighted by molar-refractivity contribution is 7.23. The number of nitrogens with one attached hydrogen (secondary N) is 1. The van der Waals surface area contributed by atoms with Gasteiger partial charge >= 0.3 is 0 Å². The number of rotatable bonds is 5. The fraction of sp³-hybridized carbons (Fsp3) is 0.250. The molecule has 1 aliphatic heterocycles. The first-order valence-corrected chi connectivity index (χ1v) is 11.0. The second-order valence-electron chi connectivity index (χ2n) is 7.64. The Labute approximate surface area is 184 Å². The number of hydrogen-bond donors (Lipinski definition) is 3. The third kappa shape index (κ3) is 4.26. The smallest absolute Gasteiger partial charge is 0.256 e. The van der Waals surface area contributed by atoms with Crippen molar-refractivity contribution in [3.8, 4) is 18.1 Å². The Kier molecular flexibility index (Phi) is 5.94. The molecule has 0 aliphatic carbocycles. The molecule has 1 aromatic heterocycles. The minimum Gasteiger partial charge on any atom is -0.507 e. The maximum atomic E-state index is 12.8. The number of amides is 2. The molecule has 0 unspecified atom stereocenters. The summed E-state index contributed by atoms with van der Waals surface area (Å²) < 4.78 is 0.531. The van der Waals surface area contributed by atoms with Crippen LogP contribution in [-0.2, 0) is 6.54 Å². The van der Waals surface area contributed by atoms with Crippen molar-refractivity contribution in [2.24, 2.45) is 5.73 Å². The van der Waals surface area contributed by atoms with Crippen LogP contribution in [0, 0.1) is 12.3 Å². The quantitative estimate of drug-likeness (QED) is 0.532. The fourth-order valence-corrected chi connectivity index (χ4v) is 5.14. The molecule has 158 valence electrons. The van der Waals surface area contributed by atoms with Gasteiger partial charge in [0.25, 0.3) is 11.8 Å². The van der Waals surface area contributed by atoms with E-state index in [1.807, 2.05) is 12.1 Å². The van der Waals surface area contributed by atoms with Crippen molar-refractivity contribution in [1.82, 2.24) is 4.90 Å². The molecule has 4 N–H and O–H groups in total. The summed E-state index contributed by atoms with van der Waals surface area (Å²) in [6, 6.07) is 10.5. The lowest BCUT2D eigenvalue weighted by atomic mass is 10.1. The molecule has 3 aromatic rings. The van der Waals surface area contributed by atoms with Gasteiger partial charge in [0.05, 0.1) is 15.8 Å². The first kappa shape index (κ1) is 20.9. The molecule has 4 rings (SSSR count). The molecule has 0 bridgehead atoms. The highest BCUT2D eigenvalue weighted by Gasteiger charge is 2.22. The number of fused-ring (bicyclic) bond motifs is 1. The summed E-state index contributed by atoms with van der Waals surface area (Å²) in [5.41, 5.74) is 7.67. The van der Waals surface area contributed by atoms with E-state index in [0.717, 1.165) is 36.5 Å². The van der Waals surface area contributed by atoms with Crippen molar-refractivity contribution < 1.29 is 14.7 Å². The van der Waals surface area contributed by atoms with Crippen LogP contribution < -0.4 is 11.1 Å². The van der Waals surface area contributed by atoms with E-state index in [2.05, 4.69) is 16.1 Å². The van der Waals surface area contributed by atoms with Gasteiger partial charge in [-0.2, -0.15) is 0 Å². The van der Waals surface area contributed by atoms with Crippen LogP contribution in [0.5, 0.6) is 5.75 Å². The molecule has 7 heteroatoms. The van der Waals surface area contributed by atoms with Crippen LogP contribution in [0.15, 0.2) is 36.4 Å². The monoisotopic (exact) mass is 433 g/mol. The van der Waals surface area contributed by atoms with Gasteiger partial charge in [0.1, 0.15) is 10.8 Å². The summed E-state index contributed by atoms with van der Waals surface area (Å²) in [4.78, 5) is 27.3. The molecule has 6 nitrogen and oxygen atoms in total. The average Bonchev–Trinajstić information content (AvgIpc) is 3.13. The molecule has 2 amide bonds. The SMILES string of the molecule is C#Cc1c(O)ccc2c(C(N)=O)c(NC(=O)c3ccc(CN4CCCCC4)cc3)sc12. The Bertz CT molecular complexity index is 1190. The number of benzene rings is 2. The Morgan fingerprint density at radius 3 is 2.48 bits per heavy atom. The van der Waals surface area contributed by atoms with Crippen molar-refractivity contribution >= 4 is 38.2 Å². The first-order valence-electron chi connectivity index (χ1n) is 10.2. The van der Waals surface area contributed by atoms with Gasteiger partial charge in [-0.15, -0.1) is 17.8 Å². The Balaban J connectivity index is 1.57. The molecule has 0 radical (unpaired) electrons. The van der Waals surface area contributed by atoms with Gasteiger partial charge in [0.15, 0.2) is 0 Å². The summed E-state index contributed by atoms with van der Waals surface area (Å²) >= 11 is 1.13. The number of anilines is 1. The average molecular weight is 434 g/mol. The number of phenols is 1. The zero-order valence-corrected chi connectivity index (χ0v) is 17.8. The van der Waals surface area contributed by atoms with E-state index in [-0.39, 0.29) is 22.8 Å². The number of piperidine rings is 1. The molecular formula is C24H23N3O3S. The molecule has 2 heterocycles. The third-order valence-corrected chi connectivity index (χ3v) is 6.66. The number of primary amides is 1. The standard InChI is InChI=1S/C24H23N3O3S/c1-2-17-19(28)11-10-18-20(22(25)29)24(31-21(17)18)26-23(30)16-8-6-15(7-9-16)14-27-12-4-3-5-13-27/h1,6-11,28H,3-5,12-14H2,(H2,25,29)(H,26,30). The van der Waals surface area contributed by atoms with Crippen LogP contribution >= 0.6 is 11.3 Å². The molecule has 1 fully saturated rings. The van der Waals surface area contributed by atoms with Crippen molar-refractivity contribution in [1.29, 1.82) is 0 Å². The van der Waals surface area contributed by atoms with Crippen LogP contribution in [0.3, 0.4) is 0 Å². The highest BCUT2D eigenvalue weighted by Crippen LogP contribution is 2.40. The molecule has 2 aromatic carbocycles. The molecule has 1 saturated heterocycles. The number of likely N-dealkylation sites (tertiary alicyclic amines) is 1. The molecule has 0 spiro atoms. The van der Waals surface area contributed by atoms with Gasteiger partial charge in [-0.25, -0.2) is 0 Å². The largest absolute Gasteiger partial charge is 0.507 e. The zero-order chi connectivity index (χ0) is 22.0. The zero-order valence-electron chi connectivity index (χ0n) is 17.0. The number of aromatic hydroxyl groups is 1. The summed E-state index contributed by atoms with van der Waals surface area (Å²) in [6.07, 6.45) is 9.28. The van der Waals surface area contributed by atoms with Gasteiger partial charge in [-0.3, -0.25) is 14.5 Å². The van der Waals surface area contributed by atoms with E-state index < -0.39 is 5.91 Å². The molecule has 0 atom stereocenters. The minimum absolute atomic E-state index is 0.0607. The van der Waals surface area contributed by atoms with Gasteiger partial charge in [-0.1, -0.05) is 24.5 Å². The van der Waals surface area contributed by atoms with Gasteiger partial charge in [0, 0.05) is 17.5 Å². The second kappa shape index (κ2) is 8.80. The summed E-state index contributed by atoms with van der Waals surface area (Å²) in [5, 5.41) is 13.6. The lowest BCUT2D eigenvalue weighted by molar-refractivity contribution is 0.100. The second-order valence-corrected chi connectivity index (χ2v) is 8.66. The number of phenolic OH excluding ortho intramolecular Hbond substituents is 1. The Morgan fingerprint density at radius 2 is 1.84 bits per heavy atom. The molecule has 1 aliphatic rings. The number of nitrogens with two attached hydrogens (primary N) is 1. The normalized spacial score (nSPS) is 14.3. The van der Waals surface area contributed by atoms with E-state index in [0.29, 0.717) is 20.7 Å². The van der Waals surface area contributed by atoms with E-state index in [1.165, 1.54) is 25.3 Å². The maximum Gasteiger partial charge on any atom is 0.256 e.